The lowest BCUT2D eigenvalue weighted by atomic mass is 10.0. The first-order valence-corrected chi connectivity index (χ1v) is 7.80. The van der Waals surface area contributed by atoms with Gasteiger partial charge >= 0.3 is 0 Å². The summed E-state index contributed by atoms with van der Waals surface area (Å²) in [6, 6.07) is 13.3. The topological polar surface area (TPSA) is 79.3 Å². The average Bonchev–Trinajstić information content (AvgIpc) is 2.55. The van der Waals surface area contributed by atoms with Gasteiger partial charge in [-0.2, -0.15) is 5.26 Å². The molecule has 0 saturated carbocycles. The van der Waals surface area contributed by atoms with Crippen molar-refractivity contribution in [3.63, 3.8) is 0 Å². The van der Waals surface area contributed by atoms with Crippen LogP contribution in [0.2, 0.25) is 0 Å². The first-order chi connectivity index (χ1) is 11.5. The minimum atomic E-state index is -0.642. The molecule has 2 aromatic carbocycles. The van der Waals surface area contributed by atoms with Crippen molar-refractivity contribution in [1.82, 2.24) is 0 Å². The van der Waals surface area contributed by atoms with Gasteiger partial charge in [-0.05, 0) is 48.7 Å². The summed E-state index contributed by atoms with van der Waals surface area (Å²) in [6.45, 7) is 4.07. The van der Waals surface area contributed by atoms with Gasteiger partial charge in [0, 0.05) is 12.1 Å². The predicted octanol–water partition coefficient (Wildman–Crippen LogP) is 2.75. The Hall–Kier alpha value is -3.00. The molecule has 0 saturated heterocycles. The molecule has 5 heteroatoms. The highest BCUT2D eigenvalue weighted by molar-refractivity contribution is 6.01. The number of aryl methyl sites for hydroxylation is 2. The number of ether oxygens (including phenoxy) is 1. The van der Waals surface area contributed by atoms with Crippen LogP contribution in [-0.2, 0) is 11.2 Å². The summed E-state index contributed by atoms with van der Waals surface area (Å²) in [6.07, 6.45) is -0.178. The maximum Gasteiger partial charge on any atom is 0.269 e. The van der Waals surface area contributed by atoms with Gasteiger partial charge in [0.25, 0.3) is 5.91 Å². The Morgan fingerprint density at radius 2 is 2.00 bits per heavy atom. The van der Waals surface area contributed by atoms with E-state index < -0.39 is 6.10 Å². The number of carbonyl (C=O) groups is 1. The molecule has 1 aliphatic rings. The summed E-state index contributed by atoms with van der Waals surface area (Å²) in [4.78, 5) is 14.2. The van der Waals surface area contributed by atoms with Crippen molar-refractivity contribution in [3.05, 3.63) is 53.1 Å². The minimum Gasteiger partial charge on any atom is -0.478 e. The first kappa shape index (κ1) is 15.9. The van der Waals surface area contributed by atoms with E-state index in [2.05, 4.69) is 13.0 Å². The fraction of sp³-hybridized carbons (Fsp3) is 0.263. The van der Waals surface area contributed by atoms with Crippen LogP contribution in [-0.4, -0.2) is 18.6 Å². The van der Waals surface area contributed by atoms with Crippen molar-refractivity contribution in [2.75, 3.05) is 17.2 Å². The van der Waals surface area contributed by atoms with Gasteiger partial charge in [0.1, 0.15) is 12.3 Å². The van der Waals surface area contributed by atoms with Crippen molar-refractivity contribution < 1.29 is 9.53 Å². The molecule has 122 valence electrons. The van der Waals surface area contributed by atoms with E-state index in [1.165, 1.54) is 16.0 Å². The lowest BCUT2D eigenvalue weighted by Crippen LogP contribution is -2.47. The quantitative estimate of drug-likeness (QED) is 0.696. The van der Waals surface area contributed by atoms with Gasteiger partial charge in [-0.15, -0.1) is 0 Å². The van der Waals surface area contributed by atoms with Crippen LogP contribution in [0.4, 0.5) is 11.4 Å². The molecule has 0 aliphatic carbocycles. The Labute approximate surface area is 141 Å². The summed E-state index contributed by atoms with van der Waals surface area (Å²) < 4.78 is 5.89. The molecule has 1 atom stereocenters. The molecule has 0 spiro atoms. The molecule has 24 heavy (non-hydrogen) atoms. The van der Waals surface area contributed by atoms with E-state index in [0.717, 1.165) is 5.56 Å². The Balaban J connectivity index is 1.92. The van der Waals surface area contributed by atoms with Crippen LogP contribution in [0, 0.1) is 25.2 Å². The number of rotatable bonds is 3. The van der Waals surface area contributed by atoms with Crippen LogP contribution in [0.25, 0.3) is 0 Å². The number of anilines is 2. The monoisotopic (exact) mass is 321 g/mol. The highest BCUT2D eigenvalue weighted by Gasteiger charge is 2.34. The third kappa shape index (κ3) is 2.91. The molecule has 0 bridgehead atoms. The van der Waals surface area contributed by atoms with E-state index in [-0.39, 0.29) is 12.5 Å². The van der Waals surface area contributed by atoms with E-state index in [1.54, 1.807) is 18.2 Å². The average molecular weight is 321 g/mol. The number of hydrogen-bond donors (Lipinski definition) is 1. The van der Waals surface area contributed by atoms with Crippen LogP contribution < -0.4 is 15.4 Å². The SMILES string of the molecule is Cc1ccc(CC2Oc3ccc(N)cc3N(CC#N)C2=O)cc1C. The number of amides is 1. The van der Waals surface area contributed by atoms with Crippen LogP contribution in [0.1, 0.15) is 16.7 Å². The summed E-state index contributed by atoms with van der Waals surface area (Å²) in [5.41, 5.74) is 10.3. The van der Waals surface area contributed by atoms with E-state index in [0.29, 0.717) is 23.5 Å². The Kier molecular flexibility index (Phi) is 4.13. The van der Waals surface area contributed by atoms with Gasteiger partial charge in [0.05, 0.1) is 11.8 Å². The zero-order chi connectivity index (χ0) is 17.3. The zero-order valence-corrected chi connectivity index (χ0v) is 13.7. The van der Waals surface area contributed by atoms with Crippen molar-refractivity contribution in [2.24, 2.45) is 0 Å². The second-order valence-corrected chi connectivity index (χ2v) is 6.04. The number of carbonyl (C=O) groups excluding carboxylic acids is 1. The van der Waals surface area contributed by atoms with Crippen LogP contribution in [0.15, 0.2) is 36.4 Å². The van der Waals surface area contributed by atoms with E-state index in [1.807, 2.05) is 25.1 Å². The third-order valence-electron chi connectivity index (χ3n) is 4.31. The summed E-state index contributed by atoms with van der Waals surface area (Å²) in [5.74, 6) is 0.362. The fourth-order valence-corrected chi connectivity index (χ4v) is 2.85. The van der Waals surface area contributed by atoms with Crippen molar-refractivity contribution in [3.8, 4) is 11.8 Å². The number of benzene rings is 2. The zero-order valence-electron chi connectivity index (χ0n) is 13.7. The molecule has 2 N–H and O–H groups in total. The number of nitrogens with two attached hydrogens (primary N) is 1. The molecule has 1 heterocycles. The lowest BCUT2D eigenvalue weighted by molar-refractivity contribution is -0.126. The number of hydrogen-bond acceptors (Lipinski definition) is 4. The molecule has 3 rings (SSSR count). The molecule has 0 aromatic heterocycles. The van der Waals surface area contributed by atoms with Crippen molar-refractivity contribution >= 4 is 17.3 Å². The maximum absolute atomic E-state index is 12.8. The van der Waals surface area contributed by atoms with E-state index >= 15 is 0 Å². The number of nitrogen functional groups attached to an aromatic ring is 1. The fourth-order valence-electron chi connectivity index (χ4n) is 2.85. The van der Waals surface area contributed by atoms with Gasteiger partial charge in [0.2, 0.25) is 0 Å². The van der Waals surface area contributed by atoms with Crippen LogP contribution in [0.3, 0.4) is 0 Å². The smallest absolute Gasteiger partial charge is 0.269 e. The van der Waals surface area contributed by atoms with Crippen molar-refractivity contribution in [1.29, 1.82) is 5.26 Å². The highest BCUT2D eigenvalue weighted by Crippen LogP contribution is 2.36. The largest absolute Gasteiger partial charge is 0.478 e. The van der Waals surface area contributed by atoms with E-state index in [9.17, 15) is 4.79 Å². The van der Waals surface area contributed by atoms with Crippen LogP contribution >= 0.6 is 0 Å². The molecule has 1 unspecified atom stereocenters. The molecular formula is C19H19N3O2. The van der Waals surface area contributed by atoms with Gasteiger partial charge in [-0.1, -0.05) is 18.2 Å². The molecule has 1 aliphatic heterocycles. The second kappa shape index (κ2) is 6.25. The molecule has 0 radical (unpaired) electrons. The van der Waals surface area contributed by atoms with Gasteiger partial charge < -0.3 is 10.5 Å². The predicted molar refractivity (Wildman–Crippen MR) is 92.9 cm³/mol. The number of nitrogens with zero attached hydrogens (tertiary/aromatic N) is 2. The van der Waals surface area contributed by atoms with Gasteiger partial charge in [-0.3, -0.25) is 9.69 Å². The third-order valence-corrected chi connectivity index (χ3v) is 4.31. The molecule has 2 aromatic rings. The van der Waals surface area contributed by atoms with E-state index in [4.69, 9.17) is 15.7 Å². The molecular weight excluding hydrogens is 302 g/mol. The first-order valence-electron chi connectivity index (χ1n) is 7.80. The number of fused-ring (bicyclic) bond motifs is 1. The summed E-state index contributed by atoms with van der Waals surface area (Å²) in [5, 5.41) is 9.06. The molecule has 5 nitrogen and oxygen atoms in total. The summed E-state index contributed by atoms with van der Waals surface area (Å²) >= 11 is 0. The lowest BCUT2D eigenvalue weighted by Gasteiger charge is -2.33. The maximum atomic E-state index is 12.8. The Morgan fingerprint density at radius 1 is 1.21 bits per heavy atom. The highest BCUT2D eigenvalue weighted by atomic mass is 16.5. The van der Waals surface area contributed by atoms with Gasteiger partial charge in [0.15, 0.2) is 6.10 Å². The molecule has 1 amide bonds. The van der Waals surface area contributed by atoms with Crippen LogP contribution in [0.5, 0.6) is 5.75 Å². The van der Waals surface area contributed by atoms with Crippen molar-refractivity contribution in [2.45, 2.75) is 26.4 Å². The Morgan fingerprint density at radius 3 is 2.71 bits per heavy atom. The minimum absolute atomic E-state index is 0.0257. The molecule has 0 fully saturated rings. The number of nitriles is 1. The Bertz CT molecular complexity index is 839. The van der Waals surface area contributed by atoms with Gasteiger partial charge in [-0.25, -0.2) is 0 Å². The standard InChI is InChI=1S/C19H19N3O2/c1-12-3-4-14(9-13(12)2)10-18-19(23)22(8-7-20)16-11-15(21)5-6-17(16)24-18/h3-6,9,11,18H,8,10,21H2,1-2H3. The second-order valence-electron chi connectivity index (χ2n) is 6.04. The normalized spacial score (nSPS) is 16.3. The summed E-state index contributed by atoms with van der Waals surface area (Å²) in [7, 11) is 0.